The Labute approximate surface area is 401 Å². The maximum atomic E-state index is 14.5. The van der Waals surface area contributed by atoms with Crippen molar-refractivity contribution in [2.24, 2.45) is 26.1 Å². The van der Waals surface area contributed by atoms with Crippen LogP contribution in [-0.4, -0.2) is 150 Å². The van der Waals surface area contributed by atoms with E-state index in [4.69, 9.17) is 24.0 Å². The number of carbonyl (C=O) groups excluding carboxylic acids is 4. The zero-order valence-electron chi connectivity index (χ0n) is 39.0. The Balaban J connectivity index is 1.82. The van der Waals surface area contributed by atoms with E-state index in [0.717, 1.165) is 62.7 Å². The Morgan fingerprint density at radius 1 is 0.897 bits per heavy atom. The lowest BCUT2D eigenvalue weighted by atomic mass is 9.87. The summed E-state index contributed by atoms with van der Waals surface area (Å²) in [5.74, 6) is -2.78. The zero-order chi connectivity index (χ0) is 50.9. The molecule has 0 aromatic carbocycles. The predicted molar refractivity (Wildman–Crippen MR) is 250 cm³/mol. The van der Waals surface area contributed by atoms with Crippen molar-refractivity contribution in [2.45, 2.75) is 160 Å². The summed E-state index contributed by atoms with van der Waals surface area (Å²) in [6, 6.07) is 0. The molecule has 2 amide bonds. The van der Waals surface area contributed by atoms with Gasteiger partial charge in [-0.05, 0) is 12.8 Å². The lowest BCUT2D eigenvalue weighted by Crippen LogP contribution is -2.64. The van der Waals surface area contributed by atoms with Crippen LogP contribution in [0.4, 0.5) is 0 Å². The number of unbranched alkanes of at least 4 members (excludes halogenated alkanes) is 10. The number of thiol groups is 1. The van der Waals surface area contributed by atoms with Gasteiger partial charge in [0.1, 0.15) is 36.4 Å². The van der Waals surface area contributed by atoms with Gasteiger partial charge in [0.25, 0.3) is 0 Å². The second-order valence-electron chi connectivity index (χ2n) is 17.3. The number of fused-ring (bicyclic) bond motifs is 1. The molecule has 1 saturated heterocycles. The van der Waals surface area contributed by atoms with Gasteiger partial charge in [-0.1, -0.05) is 91.9 Å². The molecule has 8 atom stereocenters. The molecule has 4 unspecified atom stereocenters. The molecule has 3 heterocycles. The largest absolute Gasteiger partial charge is 0.481 e. The number of carbonyl (C=O) groups is 4. The minimum Gasteiger partial charge on any atom is -0.386 e. The average molecular weight is 1050 g/mol. The summed E-state index contributed by atoms with van der Waals surface area (Å²) in [5, 5.41) is 27.1. The Kier molecular flexibility index (Phi) is 24.2. The van der Waals surface area contributed by atoms with Crippen LogP contribution >= 0.6 is 36.1 Å². The van der Waals surface area contributed by atoms with Gasteiger partial charge in [0.15, 0.2) is 23.2 Å². The molecule has 10 N–H and O–H groups in total. The molecule has 390 valence electrons. The smallest absolute Gasteiger partial charge is 0.386 e. The number of rotatable bonds is 34. The van der Waals surface area contributed by atoms with E-state index in [1.807, 2.05) is 0 Å². The van der Waals surface area contributed by atoms with Crippen molar-refractivity contribution in [3.8, 4) is 0 Å². The molecular weight excluding hydrogens is 979 g/mol. The second-order valence-corrected chi connectivity index (χ2v) is 22.0. The number of amidine groups is 2. The monoisotopic (exact) mass is 1050 g/mol. The molecule has 0 radical (unpaired) electrons. The number of phosphoric acid groups is 3. The fourth-order valence-corrected chi connectivity index (χ4v) is 10.4. The van der Waals surface area contributed by atoms with Gasteiger partial charge in [0, 0.05) is 43.5 Å². The average Bonchev–Trinajstić information content (AvgIpc) is 3.79. The van der Waals surface area contributed by atoms with E-state index in [-0.39, 0.29) is 49.1 Å². The lowest BCUT2D eigenvalue weighted by molar-refractivity contribution is -0.144. The molecule has 68 heavy (non-hydrogen) atoms. The molecule has 3 aliphatic rings. The Morgan fingerprint density at radius 3 is 2.09 bits per heavy atom. The van der Waals surface area contributed by atoms with Crippen molar-refractivity contribution in [1.29, 1.82) is 0 Å². The third kappa shape index (κ3) is 18.0. The van der Waals surface area contributed by atoms with Crippen molar-refractivity contribution >= 4 is 76.9 Å². The van der Waals surface area contributed by atoms with Gasteiger partial charge < -0.3 is 50.9 Å². The summed E-state index contributed by atoms with van der Waals surface area (Å²) >= 11 is 3.98. The Bertz CT molecular complexity index is 1970. The molecule has 3 rings (SSSR count). The van der Waals surface area contributed by atoms with Gasteiger partial charge in [-0.15, -0.1) is 0 Å². The maximum Gasteiger partial charge on any atom is 0.481 e. The molecule has 29 heteroatoms. The number of hydrogen-bond donors (Lipinski definition) is 10. The summed E-state index contributed by atoms with van der Waals surface area (Å²) in [7, 11) is -16.8. The van der Waals surface area contributed by atoms with Gasteiger partial charge in [-0.3, -0.25) is 37.7 Å². The van der Waals surface area contributed by atoms with E-state index in [1.165, 1.54) is 13.8 Å². The van der Waals surface area contributed by atoms with E-state index in [9.17, 15) is 62.7 Å². The number of ether oxygens (including phenoxy) is 1. The first-order chi connectivity index (χ1) is 31.8. The number of amides is 2. The highest BCUT2D eigenvalue weighted by atomic mass is 32.1. The van der Waals surface area contributed by atoms with E-state index in [1.54, 1.807) is 0 Å². The van der Waals surface area contributed by atoms with Crippen LogP contribution in [0.5, 0.6) is 0 Å². The Hall–Kier alpha value is -2.35. The van der Waals surface area contributed by atoms with Crippen LogP contribution in [0.2, 0.25) is 0 Å². The number of hydrogen-bond acceptors (Lipinski definition) is 20. The highest BCUT2D eigenvalue weighted by Gasteiger charge is 2.62. The number of aliphatic hydroxyl groups excluding tert-OH is 2. The van der Waals surface area contributed by atoms with E-state index in [0.29, 0.717) is 31.6 Å². The number of aliphatic imine (C=N–C) groups is 3. The number of nitrogens with two attached hydrogens (primary N) is 1. The van der Waals surface area contributed by atoms with Crippen LogP contribution in [0.15, 0.2) is 15.0 Å². The molecule has 0 spiro atoms. The first-order valence-corrected chi connectivity index (χ1v) is 27.9. The summed E-state index contributed by atoms with van der Waals surface area (Å²) < 4.78 is 63.1. The third-order valence-corrected chi connectivity index (χ3v) is 14.5. The van der Waals surface area contributed by atoms with Crippen molar-refractivity contribution in [1.82, 2.24) is 15.5 Å². The zero-order valence-corrected chi connectivity index (χ0v) is 42.6. The van der Waals surface area contributed by atoms with Crippen LogP contribution in [0.3, 0.4) is 0 Å². The number of Topliss-reactive ketones (excluding diaryl/α,β-unsaturated/α-hetero) is 2. The molecule has 1 fully saturated rings. The number of nitrogens with zero attached hydrogens (tertiary/aromatic N) is 4. The van der Waals surface area contributed by atoms with E-state index in [2.05, 4.69) is 56.4 Å². The fraction of sp³-hybridized carbons (Fsp3) is 0.821. The van der Waals surface area contributed by atoms with Gasteiger partial charge >= 0.3 is 23.5 Å². The van der Waals surface area contributed by atoms with Gasteiger partial charge in [-0.2, -0.15) is 16.9 Å². The normalized spacial score (nSPS) is 24.2. The molecule has 0 aromatic heterocycles. The fourth-order valence-electron chi connectivity index (χ4n) is 7.49. The van der Waals surface area contributed by atoms with Crippen LogP contribution in [0.1, 0.15) is 124 Å². The third-order valence-electron chi connectivity index (χ3n) is 11.2. The lowest BCUT2D eigenvalue weighted by Gasteiger charge is -2.39. The molecular formula is C39H70N7O18P3S. The van der Waals surface area contributed by atoms with Crippen molar-refractivity contribution in [3.05, 3.63) is 0 Å². The van der Waals surface area contributed by atoms with Gasteiger partial charge in [0.05, 0.1) is 19.9 Å². The topological polar surface area (TPSA) is 377 Å². The predicted octanol–water partition coefficient (Wildman–Crippen LogP) is 2.56. The van der Waals surface area contributed by atoms with Crippen molar-refractivity contribution < 1.29 is 85.3 Å². The number of aliphatic hydroxyl groups is 2. The van der Waals surface area contributed by atoms with Gasteiger partial charge in [-0.25, -0.2) is 28.6 Å². The summed E-state index contributed by atoms with van der Waals surface area (Å²) in [6.07, 6.45) is 0.104. The maximum absolute atomic E-state index is 14.5. The number of ketones is 2. The molecule has 0 saturated carbocycles. The van der Waals surface area contributed by atoms with E-state index < -0.39 is 103 Å². The highest BCUT2D eigenvalue weighted by Crippen LogP contribution is 2.61. The standard InChI is InChI=1S/C39H70N7O18P3S/c1-5-7-9-11-13-15-17-26(47)35-44-34(40)32-39(45-35,28(48)18-16-14-12-10-8-6-2)46(25-43-32)37-30(50)31(63-65(53,54)55)27(62-37)23-60-66(56,57)64-67(58,59)61-24-38(3,4)33(51)36(52)42-20-19-29(49)41-21-22-68/h27,30-31,33,37,50-51,68H,5-25H2,1-4H3,(H,41,49)(H,42,52)(H,56,57)(H,58,59)(H2,40,44,45)(H2,53,54,55)/t27-,30-,31-,33?,37-,39?/m1/s1. The quantitative estimate of drug-likeness (QED) is 0.0251. The van der Waals surface area contributed by atoms with Crippen LogP contribution in [0, 0.1) is 5.41 Å². The second kappa shape index (κ2) is 27.5. The van der Waals surface area contributed by atoms with Crippen molar-refractivity contribution in [3.63, 3.8) is 0 Å². The van der Waals surface area contributed by atoms with Crippen LogP contribution in [-0.2, 0) is 55.5 Å². The van der Waals surface area contributed by atoms with Crippen LogP contribution < -0.4 is 16.4 Å². The molecule has 0 aromatic rings. The molecule has 0 bridgehead atoms. The van der Waals surface area contributed by atoms with Crippen molar-refractivity contribution in [2.75, 3.05) is 38.7 Å². The first kappa shape index (κ1) is 60.0. The first-order valence-electron chi connectivity index (χ1n) is 22.7. The molecule has 25 nitrogen and oxygen atoms in total. The molecule has 3 aliphatic heterocycles. The summed E-state index contributed by atoms with van der Waals surface area (Å²) in [6.45, 7) is 4.16. The van der Waals surface area contributed by atoms with Gasteiger partial charge in [0.2, 0.25) is 17.5 Å². The van der Waals surface area contributed by atoms with E-state index >= 15 is 0 Å². The highest BCUT2D eigenvalue weighted by molar-refractivity contribution is 7.80. The minimum atomic E-state index is -5.70. The minimum absolute atomic E-state index is 0.0297. The Morgan fingerprint density at radius 2 is 1.49 bits per heavy atom. The number of phosphoric ester groups is 3. The number of nitrogens with one attached hydrogen (secondary N) is 2. The summed E-state index contributed by atoms with van der Waals surface area (Å²) in [4.78, 5) is 107. The summed E-state index contributed by atoms with van der Waals surface area (Å²) in [5.41, 5.74) is 2.34. The molecule has 0 aliphatic carbocycles. The van der Waals surface area contributed by atoms with Crippen LogP contribution in [0.25, 0.3) is 0 Å². The SMILES string of the molecule is CCCCCCCCC(=O)C1=NC2(C(=O)CCCCCCCC)C(=NCN2[C@@H]2O[C@H](COP(=O)(O)OP(=O)(O)OCC(C)(C)C(O)C(=O)NCCC(=O)NCCS)[C@@H](OP(=O)(O)O)[C@H]2O)C(N)=N1.